The molecule has 106 valence electrons. The Balaban J connectivity index is 1.54. The van der Waals surface area contributed by atoms with Crippen LogP contribution in [-0.2, 0) is 4.79 Å². The smallest absolute Gasteiger partial charge is 0.265 e. The number of carbonyl (C=O) groups excluding carboxylic acids is 1. The van der Waals surface area contributed by atoms with Crippen LogP contribution in [0.3, 0.4) is 0 Å². The Morgan fingerprint density at radius 2 is 1.95 bits per heavy atom. The molecule has 4 rings (SSSR count). The summed E-state index contributed by atoms with van der Waals surface area (Å²) < 4.78 is 5.58. The third-order valence-electron chi connectivity index (χ3n) is 4.50. The number of amides is 1. The maximum Gasteiger partial charge on any atom is 0.265 e. The average Bonchev–Trinajstić information content (AvgIpc) is 3.29. The molecule has 1 atom stereocenters. The second kappa shape index (κ2) is 4.40. The first-order chi connectivity index (χ1) is 9.70. The standard InChI is InChI=1S/C16H20N2O2/c1-9-16(19)18-13-8-12(6-7-14(13)20-9)17-15(10-2-3-10)11-4-5-11/h6-11,15,17H,2-5H2,1H3,(H,18,19). The van der Waals surface area contributed by atoms with Crippen molar-refractivity contribution in [1.29, 1.82) is 0 Å². The predicted octanol–water partition coefficient (Wildman–Crippen LogP) is 3.01. The molecule has 1 aromatic rings. The molecular weight excluding hydrogens is 252 g/mol. The third-order valence-corrected chi connectivity index (χ3v) is 4.50. The van der Waals surface area contributed by atoms with Gasteiger partial charge < -0.3 is 15.4 Å². The van der Waals surface area contributed by atoms with Crippen LogP contribution in [0.2, 0.25) is 0 Å². The number of rotatable bonds is 4. The van der Waals surface area contributed by atoms with Gasteiger partial charge in [0.25, 0.3) is 5.91 Å². The summed E-state index contributed by atoms with van der Waals surface area (Å²) in [4.78, 5) is 11.7. The number of hydrogen-bond donors (Lipinski definition) is 2. The van der Waals surface area contributed by atoms with Crippen LogP contribution in [0.15, 0.2) is 18.2 Å². The van der Waals surface area contributed by atoms with Crippen molar-refractivity contribution in [2.24, 2.45) is 11.8 Å². The summed E-state index contributed by atoms with van der Waals surface area (Å²) in [5, 5.41) is 6.58. The monoisotopic (exact) mass is 272 g/mol. The van der Waals surface area contributed by atoms with Crippen molar-refractivity contribution in [1.82, 2.24) is 0 Å². The van der Waals surface area contributed by atoms with E-state index in [9.17, 15) is 4.79 Å². The van der Waals surface area contributed by atoms with E-state index in [1.54, 1.807) is 6.92 Å². The number of carbonyl (C=O) groups is 1. The van der Waals surface area contributed by atoms with Crippen molar-refractivity contribution in [3.8, 4) is 5.75 Å². The second-order valence-corrected chi connectivity index (χ2v) is 6.31. The molecule has 0 radical (unpaired) electrons. The van der Waals surface area contributed by atoms with Crippen LogP contribution in [-0.4, -0.2) is 18.1 Å². The predicted molar refractivity (Wildman–Crippen MR) is 78.0 cm³/mol. The lowest BCUT2D eigenvalue weighted by Gasteiger charge is -2.25. The zero-order valence-electron chi connectivity index (χ0n) is 11.7. The molecule has 1 aromatic carbocycles. The molecule has 4 nitrogen and oxygen atoms in total. The van der Waals surface area contributed by atoms with Crippen LogP contribution in [0.1, 0.15) is 32.6 Å². The Labute approximate surface area is 118 Å². The molecule has 0 spiro atoms. The van der Waals surface area contributed by atoms with Gasteiger partial charge in [0.2, 0.25) is 0 Å². The van der Waals surface area contributed by atoms with Crippen molar-refractivity contribution < 1.29 is 9.53 Å². The van der Waals surface area contributed by atoms with E-state index in [1.165, 1.54) is 25.7 Å². The lowest BCUT2D eigenvalue weighted by molar-refractivity contribution is -0.122. The number of hydrogen-bond acceptors (Lipinski definition) is 3. The van der Waals surface area contributed by atoms with Crippen LogP contribution >= 0.6 is 0 Å². The highest BCUT2D eigenvalue weighted by atomic mass is 16.5. The van der Waals surface area contributed by atoms with Crippen LogP contribution in [0.25, 0.3) is 0 Å². The van der Waals surface area contributed by atoms with Crippen LogP contribution in [0, 0.1) is 11.8 Å². The molecular formula is C16H20N2O2. The minimum atomic E-state index is -0.410. The largest absolute Gasteiger partial charge is 0.479 e. The fraction of sp³-hybridized carbons (Fsp3) is 0.562. The van der Waals surface area contributed by atoms with Gasteiger partial charge in [-0.3, -0.25) is 4.79 Å². The van der Waals surface area contributed by atoms with Gasteiger partial charge in [0.15, 0.2) is 6.10 Å². The van der Waals surface area contributed by atoms with E-state index < -0.39 is 6.10 Å². The molecule has 2 N–H and O–H groups in total. The summed E-state index contributed by atoms with van der Waals surface area (Å²) in [6.07, 6.45) is 5.02. The van der Waals surface area contributed by atoms with E-state index in [4.69, 9.17) is 4.74 Å². The number of ether oxygens (including phenoxy) is 1. The van der Waals surface area contributed by atoms with Crippen LogP contribution in [0.5, 0.6) is 5.75 Å². The van der Waals surface area contributed by atoms with Crippen molar-refractivity contribution in [2.45, 2.75) is 44.8 Å². The summed E-state index contributed by atoms with van der Waals surface area (Å²) in [5.74, 6) is 2.39. The first-order valence-corrected chi connectivity index (χ1v) is 7.59. The van der Waals surface area contributed by atoms with E-state index in [2.05, 4.69) is 16.7 Å². The first kappa shape index (κ1) is 12.1. The lowest BCUT2D eigenvalue weighted by atomic mass is 10.1. The van der Waals surface area contributed by atoms with E-state index in [0.717, 1.165) is 29.0 Å². The van der Waals surface area contributed by atoms with Gasteiger partial charge >= 0.3 is 0 Å². The van der Waals surface area contributed by atoms with Gasteiger partial charge in [0, 0.05) is 11.7 Å². The van der Waals surface area contributed by atoms with Gasteiger partial charge in [-0.05, 0) is 62.6 Å². The highest BCUT2D eigenvalue weighted by Gasteiger charge is 2.41. The highest BCUT2D eigenvalue weighted by Crippen LogP contribution is 2.46. The molecule has 0 saturated heterocycles. The molecule has 3 aliphatic rings. The van der Waals surface area contributed by atoms with Gasteiger partial charge in [-0.15, -0.1) is 0 Å². The molecule has 1 unspecified atom stereocenters. The van der Waals surface area contributed by atoms with Crippen molar-refractivity contribution in [3.63, 3.8) is 0 Å². The molecule has 2 fully saturated rings. The Bertz CT molecular complexity index is 537. The minimum Gasteiger partial charge on any atom is -0.479 e. The lowest BCUT2D eigenvalue weighted by Crippen LogP contribution is -2.34. The van der Waals surface area contributed by atoms with Gasteiger partial charge in [0.1, 0.15) is 5.75 Å². The molecule has 2 saturated carbocycles. The molecule has 1 aliphatic heterocycles. The van der Waals surface area contributed by atoms with Crippen molar-refractivity contribution >= 4 is 17.3 Å². The molecule has 4 heteroatoms. The van der Waals surface area contributed by atoms with E-state index >= 15 is 0 Å². The van der Waals surface area contributed by atoms with Crippen LogP contribution < -0.4 is 15.4 Å². The summed E-state index contributed by atoms with van der Waals surface area (Å²) in [6.45, 7) is 1.76. The maximum atomic E-state index is 11.7. The summed E-state index contributed by atoms with van der Waals surface area (Å²) in [7, 11) is 0. The molecule has 1 amide bonds. The summed E-state index contributed by atoms with van der Waals surface area (Å²) in [6, 6.07) is 6.62. The zero-order chi connectivity index (χ0) is 13.7. The molecule has 1 heterocycles. The second-order valence-electron chi connectivity index (χ2n) is 6.31. The Morgan fingerprint density at radius 3 is 2.60 bits per heavy atom. The number of benzene rings is 1. The van der Waals surface area contributed by atoms with E-state index in [1.807, 2.05) is 12.1 Å². The van der Waals surface area contributed by atoms with Crippen molar-refractivity contribution in [2.75, 3.05) is 10.6 Å². The van der Waals surface area contributed by atoms with Gasteiger partial charge in [-0.1, -0.05) is 0 Å². The number of fused-ring (bicyclic) bond motifs is 1. The summed E-state index contributed by atoms with van der Waals surface area (Å²) >= 11 is 0. The molecule has 0 bridgehead atoms. The Kier molecular flexibility index (Phi) is 2.65. The van der Waals surface area contributed by atoms with Gasteiger partial charge in [0.05, 0.1) is 5.69 Å². The molecule has 0 aromatic heterocycles. The molecule has 20 heavy (non-hydrogen) atoms. The Hall–Kier alpha value is -1.71. The average molecular weight is 272 g/mol. The SMILES string of the molecule is CC1Oc2ccc(NC(C3CC3)C3CC3)cc2NC1=O. The number of nitrogens with one attached hydrogen (secondary N) is 2. The quantitative estimate of drug-likeness (QED) is 0.886. The maximum absolute atomic E-state index is 11.7. The summed E-state index contributed by atoms with van der Waals surface area (Å²) in [5.41, 5.74) is 1.87. The highest BCUT2D eigenvalue weighted by molar-refractivity contribution is 5.98. The number of anilines is 2. The third kappa shape index (κ3) is 2.23. The minimum absolute atomic E-state index is 0.0735. The fourth-order valence-electron chi connectivity index (χ4n) is 3.02. The van der Waals surface area contributed by atoms with Crippen molar-refractivity contribution in [3.05, 3.63) is 18.2 Å². The topological polar surface area (TPSA) is 50.4 Å². The fourth-order valence-corrected chi connectivity index (χ4v) is 3.02. The van der Waals surface area contributed by atoms with E-state index in [0.29, 0.717) is 6.04 Å². The van der Waals surface area contributed by atoms with Gasteiger partial charge in [-0.2, -0.15) is 0 Å². The Morgan fingerprint density at radius 1 is 1.25 bits per heavy atom. The zero-order valence-corrected chi connectivity index (χ0v) is 11.7. The first-order valence-electron chi connectivity index (χ1n) is 7.59. The van der Waals surface area contributed by atoms with E-state index in [-0.39, 0.29) is 5.91 Å². The van der Waals surface area contributed by atoms with Gasteiger partial charge in [-0.25, -0.2) is 0 Å². The normalized spacial score (nSPS) is 24.9. The van der Waals surface area contributed by atoms with Crippen LogP contribution in [0.4, 0.5) is 11.4 Å². The molecule has 2 aliphatic carbocycles.